The van der Waals surface area contributed by atoms with Gasteiger partial charge < -0.3 is 29.6 Å². The van der Waals surface area contributed by atoms with Crippen LogP contribution >= 0.6 is 0 Å². The lowest BCUT2D eigenvalue weighted by Gasteiger charge is -2.21. The van der Waals surface area contributed by atoms with Crippen LogP contribution in [0.5, 0.6) is 0 Å². The summed E-state index contributed by atoms with van der Waals surface area (Å²) in [5.41, 5.74) is 0. The number of nitrogens with one attached hydrogen (secondary N) is 2. The molecular formula is C26H42N2O8. The summed E-state index contributed by atoms with van der Waals surface area (Å²) in [6, 6.07) is 0. The van der Waals surface area contributed by atoms with Crippen molar-refractivity contribution >= 4 is 24.1 Å². The Kier molecular flexibility index (Phi) is 16.5. The van der Waals surface area contributed by atoms with E-state index < -0.39 is 18.0 Å². The third-order valence-electron chi connectivity index (χ3n) is 6.08. The van der Waals surface area contributed by atoms with Crippen LogP contribution in [0.2, 0.25) is 0 Å². The van der Waals surface area contributed by atoms with Crippen LogP contribution in [-0.2, 0) is 28.5 Å². The van der Waals surface area contributed by atoms with Gasteiger partial charge in [0.2, 0.25) is 0 Å². The molecule has 0 aromatic rings. The van der Waals surface area contributed by atoms with Crippen molar-refractivity contribution in [2.45, 2.75) is 58.3 Å². The second-order valence-corrected chi connectivity index (χ2v) is 8.78. The van der Waals surface area contributed by atoms with Crippen LogP contribution in [0.25, 0.3) is 0 Å². The molecule has 0 aromatic heterocycles. The smallest absolute Gasteiger partial charge is 0.407 e. The second kappa shape index (κ2) is 19.2. The first-order valence-corrected chi connectivity index (χ1v) is 12.8. The molecule has 0 aliphatic heterocycles. The van der Waals surface area contributed by atoms with Gasteiger partial charge in [0.15, 0.2) is 0 Å². The van der Waals surface area contributed by atoms with Gasteiger partial charge >= 0.3 is 24.1 Å². The fourth-order valence-corrected chi connectivity index (χ4v) is 4.29. The highest BCUT2D eigenvalue weighted by Crippen LogP contribution is 2.47. The molecule has 0 saturated heterocycles. The molecule has 2 aliphatic rings. The molecule has 10 nitrogen and oxygen atoms in total. The summed E-state index contributed by atoms with van der Waals surface area (Å²) in [5, 5.41) is 5.37. The maximum absolute atomic E-state index is 11.6. The van der Waals surface area contributed by atoms with Gasteiger partial charge in [-0.05, 0) is 69.6 Å². The Morgan fingerprint density at radius 2 is 1.25 bits per heavy atom. The molecule has 2 bridgehead atoms. The molecule has 204 valence electrons. The molecule has 2 saturated carbocycles. The number of unbranched alkanes of at least 4 members (excludes halogenated alkanes) is 2. The van der Waals surface area contributed by atoms with Crippen LogP contribution in [0, 0.1) is 17.8 Å². The Bertz CT molecular complexity index is 712. The molecule has 10 heteroatoms. The normalized spacial score (nSPS) is 19.2. The third-order valence-corrected chi connectivity index (χ3v) is 6.08. The number of alkyl carbamates (subject to hydrolysis) is 2. The van der Waals surface area contributed by atoms with Gasteiger partial charge in [-0.3, -0.25) is 0 Å². The number of ether oxygens (including phenoxy) is 4. The minimum atomic E-state index is -0.431. The van der Waals surface area contributed by atoms with E-state index in [9.17, 15) is 19.2 Å². The molecule has 0 heterocycles. The van der Waals surface area contributed by atoms with E-state index in [0.717, 1.165) is 30.5 Å². The first-order chi connectivity index (χ1) is 17.4. The number of esters is 2. The van der Waals surface area contributed by atoms with Gasteiger partial charge in [0.05, 0.1) is 26.4 Å². The van der Waals surface area contributed by atoms with E-state index in [0.29, 0.717) is 64.6 Å². The van der Waals surface area contributed by atoms with Crippen molar-refractivity contribution in [1.82, 2.24) is 10.6 Å². The van der Waals surface area contributed by atoms with Crippen LogP contribution < -0.4 is 10.6 Å². The number of hydrogen-bond donors (Lipinski definition) is 2. The highest BCUT2D eigenvalue weighted by molar-refractivity contribution is 5.81. The highest BCUT2D eigenvalue weighted by atomic mass is 16.6. The van der Waals surface area contributed by atoms with Crippen LogP contribution in [0.4, 0.5) is 9.59 Å². The Balaban J connectivity index is 0.000000384. The summed E-state index contributed by atoms with van der Waals surface area (Å²) in [4.78, 5) is 43.7. The zero-order valence-corrected chi connectivity index (χ0v) is 21.5. The number of carbonyl (C=O) groups is 4. The molecule has 3 unspecified atom stereocenters. The summed E-state index contributed by atoms with van der Waals surface area (Å²) in [6.07, 6.45) is 9.53. The Morgan fingerprint density at radius 3 is 1.67 bits per heavy atom. The molecule has 3 atom stereocenters. The van der Waals surface area contributed by atoms with E-state index >= 15 is 0 Å². The average Bonchev–Trinajstić information content (AvgIpc) is 3.50. The van der Waals surface area contributed by atoms with Gasteiger partial charge in [-0.25, -0.2) is 19.2 Å². The standard InChI is InChI=1S/C16H25NO4.C10H17NO4/c1-2-15(18)20-7-3-4-8-21-16(19)17-11-14-10-12-5-6-13(14)9-12;1-3-9(12)14-7-5-6-8-15-10(13)11-4-2/h2,12-14H,1,3-11H2,(H,17,19);3H,1,4-8H2,2H3,(H,11,13). The summed E-state index contributed by atoms with van der Waals surface area (Å²) in [6.45, 7) is 11.0. The monoisotopic (exact) mass is 510 g/mol. The SMILES string of the molecule is C=CC(=O)OCCCCOC(=O)NCC.C=CC(=O)OCCCCOC(=O)NCC1CC2CCC1C2. The van der Waals surface area contributed by atoms with E-state index in [1.165, 1.54) is 25.7 Å². The van der Waals surface area contributed by atoms with Crippen molar-refractivity contribution in [3.8, 4) is 0 Å². The van der Waals surface area contributed by atoms with Crippen molar-refractivity contribution in [3.63, 3.8) is 0 Å². The van der Waals surface area contributed by atoms with E-state index in [4.69, 9.17) is 18.9 Å². The van der Waals surface area contributed by atoms with Crippen molar-refractivity contribution in [3.05, 3.63) is 25.3 Å². The van der Waals surface area contributed by atoms with Crippen LogP contribution in [-0.4, -0.2) is 63.6 Å². The zero-order valence-electron chi connectivity index (χ0n) is 21.5. The molecule has 2 N–H and O–H groups in total. The first kappa shape index (κ1) is 31.0. The van der Waals surface area contributed by atoms with E-state index in [1.807, 2.05) is 6.92 Å². The lowest BCUT2D eigenvalue weighted by atomic mass is 9.89. The highest BCUT2D eigenvalue weighted by Gasteiger charge is 2.39. The van der Waals surface area contributed by atoms with E-state index in [1.54, 1.807) is 0 Å². The molecule has 2 aliphatic carbocycles. The average molecular weight is 511 g/mol. The first-order valence-electron chi connectivity index (χ1n) is 12.8. The van der Waals surface area contributed by atoms with Crippen molar-refractivity contribution in [1.29, 1.82) is 0 Å². The van der Waals surface area contributed by atoms with Crippen LogP contribution in [0.3, 0.4) is 0 Å². The predicted molar refractivity (Wildman–Crippen MR) is 134 cm³/mol. The van der Waals surface area contributed by atoms with Crippen molar-refractivity contribution in [2.24, 2.45) is 17.8 Å². The number of fused-ring (bicyclic) bond motifs is 2. The second-order valence-electron chi connectivity index (χ2n) is 8.78. The maximum Gasteiger partial charge on any atom is 0.407 e. The minimum absolute atomic E-state index is 0.323. The van der Waals surface area contributed by atoms with Gasteiger partial charge in [0, 0.05) is 25.2 Å². The van der Waals surface area contributed by atoms with Crippen molar-refractivity contribution in [2.75, 3.05) is 39.5 Å². The summed E-state index contributed by atoms with van der Waals surface area (Å²) >= 11 is 0. The summed E-state index contributed by atoms with van der Waals surface area (Å²) in [7, 11) is 0. The van der Waals surface area contributed by atoms with E-state index in [2.05, 4.69) is 23.8 Å². The number of amides is 2. The van der Waals surface area contributed by atoms with Crippen LogP contribution in [0.1, 0.15) is 58.3 Å². The lowest BCUT2D eigenvalue weighted by Crippen LogP contribution is -2.32. The summed E-state index contributed by atoms with van der Waals surface area (Å²) < 4.78 is 19.5. The van der Waals surface area contributed by atoms with Gasteiger partial charge in [-0.1, -0.05) is 19.6 Å². The fraction of sp³-hybridized carbons (Fsp3) is 0.692. The topological polar surface area (TPSA) is 129 Å². The van der Waals surface area contributed by atoms with Crippen molar-refractivity contribution < 1.29 is 38.1 Å². The molecule has 0 aromatic carbocycles. The molecular weight excluding hydrogens is 468 g/mol. The van der Waals surface area contributed by atoms with Crippen LogP contribution in [0.15, 0.2) is 25.3 Å². The molecule has 2 amide bonds. The van der Waals surface area contributed by atoms with Gasteiger partial charge in [0.25, 0.3) is 0 Å². The zero-order chi connectivity index (χ0) is 26.6. The quantitative estimate of drug-likeness (QED) is 0.147. The number of rotatable bonds is 15. The third kappa shape index (κ3) is 14.4. The molecule has 0 radical (unpaired) electrons. The molecule has 0 spiro atoms. The van der Waals surface area contributed by atoms with Gasteiger partial charge in [-0.15, -0.1) is 0 Å². The van der Waals surface area contributed by atoms with E-state index in [-0.39, 0.29) is 6.09 Å². The molecule has 36 heavy (non-hydrogen) atoms. The minimum Gasteiger partial charge on any atom is -0.463 e. The summed E-state index contributed by atoms with van der Waals surface area (Å²) in [5.74, 6) is 1.51. The maximum atomic E-state index is 11.6. The predicted octanol–water partition coefficient (Wildman–Crippen LogP) is 3.90. The molecule has 2 rings (SSSR count). The fourth-order valence-electron chi connectivity index (χ4n) is 4.29. The Hall–Kier alpha value is -3.04. The Morgan fingerprint density at radius 1 is 0.750 bits per heavy atom. The number of hydrogen-bond acceptors (Lipinski definition) is 8. The van der Waals surface area contributed by atoms with Gasteiger partial charge in [0.1, 0.15) is 0 Å². The van der Waals surface area contributed by atoms with Gasteiger partial charge in [-0.2, -0.15) is 0 Å². The molecule has 2 fully saturated rings. The Labute approximate surface area is 214 Å². The lowest BCUT2D eigenvalue weighted by molar-refractivity contribution is -0.138. The number of carbonyl (C=O) groups excluding carboxylic acids is 4. The largest absolute Gasteiger partial charge is 0.463 e.